The lowest BCUT2D eigenvalue weighted by molar-refractivity contribution is -0.115. The maximum Gasteiger partial charge on any atom is 0.225 e. The van der Waals surface area contributed by atoms with Crippen LogP contribution in [0.25, 0.3) is 11.4 Å². The summed E-state index contributed by atoms with van der Waals surface area (Å²) in [5.74, 6) is 1.50. The number of benzene rings is 2. The van der Waals surface area contributed by atoms with E-state index in [1.54, 1.807) is 18.1 Å². The van der Waals surface area contributed by atoms with E-state index in [0.29, 0.717) is 6.42 Å². The number of carbonyl (C=O) groups excluding carboxylic acids is 1. The lowest BCUT2D eigenvalue weighted by atomic mass is 10.2. The van der Waals surface area contributed by atoms with Crippen LogP contribution >= 0.6 is 27.7 Å². The second-order valence-electron chi connectivity index (χ2n) is 5.45. The van der Waals surface area contributed by atoms with E-state index in [9.17, 15) is 4.79 Å². The zero-order valence-electron chi connectivity index (χ0n) is 13.6. The fourth-order valence-electron chi connectivity index (χ4n) is 2.30. The quantitative estimate of drug-likeness (QED) is 0.606. The van der Waals surface area contributed by atoms with E-state index in [-0.39, 0.29) is 5.91 Å². The number of aryl methyl sites for hydroxylation is 1. The van der Waals surface area contributed by atoms with Gasteiger partial charge in [-0.05, 0) is 36.4 Å². The number of thioether (sulfide) groups is 1. The molecule has 0 bridgehead atoms. The molecule has 0 saturated heterocycles. The van der Waals surface area contributed by atoms with Gasteiger partial charge >= 0.3 is 0 Å². The molecule has 1 aromatic heterocycles. The summed E-state index contributed by atoms with van der Waals surface area (Å²) in [6, 6.07) is 15.7. The molecule has 5 nitrogen and oxygen atoms in total. The molecule has 3 rings (SSSR count). The van der Waals surface area contributed by atoms with Crippen molar-refractivity contribution in [3.63, 3.8) is 0 Å². The number of anilines is 1. The van der Waals surface area contributed by atoms with E-state index in [0.717, 1.165) is 32.2 Å². The highest BCUT2D eigenvalue weighted by Gasteiger charge is 2.07. The first kappa shape index (κ1) is 17.7. The van der Waals surface area contributed by atoms with Gasteiger partial charge in [-0.3, -0.25) is 4.79 Å². The van der Waals surface area contributed by atoms with Crippen molar-refractivity contribution in [2.24, 2.45) is 7.05 Å². The Morgan fingerprint density at radius 1 is 1.24 bits per heavy atom. The lowest BCUT2D eigenvalue weighted by Gasteiger charge is -2.07. The summed E-state index contributed by atoms with van der Waals surface area (Å²) in [6.45, 7) is 0. The average molecular weight is 417 g/mol. The predicted octanol–water partition coefficient (Wildman–Crippen LogP) is 4.37. The van der Waals surface area contributed by atoms with Gasteiger partial charge in [-0.1, -0.05) is 28.1 Å². The summed E-state index contributed by atoms with van der Waals surface area (Å²) < 4.78 is 2.90. The molecule has 0 aliphatic heterocycles. The van der Waals surface area contributed by atoms with Crippen molar-refractivity contribution in [2.45, 2.75) is 11.3 Å². The molecule has 7 heteroatoms. The van der Waals surface area contributed by atoms with Crippen molar-refractivity contribution in [3.05, 3.63) is 59.3 Å². The third-order valence-electron chi connectivity index (χ3n) is 3.53. The highest BCUT2D eigenvalue weighted by molar-refractivity contribution is 9.10. The molecule has 0 unspecified atom stereocenters. The Balaban J connectivity index is 1.54. The summed E-state index contributed by atoms with van der Waals surface area (Å²) in [7, 11) is 1.89. The smallest absolute Gasteiger partial charge is 0.225 e. The third-order valence-corrected chi connectivity index (χ3v) is 5.07. The lowest BCUT2D eigenvalue weighted by Crippen LogP contribution is -2.12. The Hall–Kier alpha value is -2.12. The van der Waals surface area contributed by atoms with E-state index < -0.39 is 0 Å². The number of rotatable bonds is 6. The monoisotopic (exact) mass is 416 g/mol. The van der Waals surface area contributed by atoms with E-state index in [1.165, 1.54) is 0 Å². The van der Waals surface area contributed by atoms with Crippen LogP contribution in [-0.4, -0.2) is 26.4 Å². The van der Waals surface area contributed by atoms with Crippen LogP contribution in [-0.2, 0) is 11.8 Å². The van der Waals surface area contributed by atoms with Gasteiger partial charge < -0.3 is 9.88 Å². The number of amides is 1. The molecule has 0 aliphatic rings. The van der Waals surface area contributed by atoms with Crippen molar-refractivity contribution in [2.75, 3.05) is 11.1 Å². The number of aromatic nitrogens is 3. The Bertz CT molecular complexity index is 864. The molecule has 1 N–H and O–H groups in total. The number of halogens is 1. The number of hydrogen-bond acceptors (Lipinski definition) is 4. The molecule has 0 saturated carbocycles. The zero-order valence-corrected chi connectivity index (χ0v) is 16.0. The molecule has 1 heterocycles. The molecule has 2 aromatic carbocycles. The molecule has 128 valence electrons. The second-order valence-corrected chi connectivity index (χ2v) is 7.53. The Morgan fingerprint density at radius 2 is 2.04 bits per heavy atom. The standard InChI is InChI=1S/C18H17BrN4OS/c1-23-12-20-22-18(23)13-3-2-4-15(11-13)21-17(24)9-10-25-16-7-5-14(19)6-8-16/h2-8,11-12H,9-10H2,1H3,(H,21,24). The summed E-state index contributed by atoms with van der Waals surface area (Å²) in [4.78, 5) is 13.3. The first-order valence-corrected chi connectivity index (χ1v) is 9.52. The zero-order chi connectivity index (χ0) is 17.6. The number of hydrogen-bond donors (Lipinski definition) is 1. The van der Waals surface area contributed by atoms with Gasteiger partial charge in [0.25, 0.3) is 0 Å². The van der Waals surface area contributed by atoms with E-state index in [2.05, 4.69) is 31.4 Å². The van der Waals surface area contributed by atoms with Crippen LogP contribution in [0.4, 0.5) is 5.69 Å². The summed E-state index contributed by atoms with van der Waals surface area (Å²) >= 11 is 5.08. The summed E-state index contributed by atoms with van der Waals surface area (Å²) in [6.07, 6.45) is 2.11. The maximum atomic E-state index is 12.2. The fraction of sp³-hybridized carbons (Fsp3) is 0.167. The van der Waals surface area contributed by atoms with Gasteiger partial charge in [0.05, 0.1) is 0 Å². The molecule has 0 atom stereocenters. The van der Waals surface area contributed by atoms with Gasteiger partial charge in [0, 0.05) is 39.8 Å². The average Bonchev–Trinajstić information content (AvgIpc) is 3.03. The fourth-order valence-corrected chi connectivity index (χ4v) is 3.41. The van der Waals surface area contributed by atoms with Gasteiger partial charge in [0.15, 0.2) is 5.82 Å². The van der Waals surface area contributed by atoms with Gasteiger partial charge in [0.2, 0.25) is 5.91 Å². The van der Waals surface area contributed by atoms with E-state index in [4.69, 9.17) is 0 Å². The van der Waals surface area contributed by atoms with Gasteiger partial charge in [-0.25, -0.2) is 0 Å². The Labute approximate surface area is 159 Å². The minimum absolute atomic E-state index is 0.000253. The van der Waals surface area contributed by atoms with Crippen LogP contribution in [0, 0.1) is 0 Å². The molecule has 25 heavy (non-hydrogen) atoms. The summed E-state index contributed by atoms with van der Waals surface area (Å²) in [5, 5.41) is 10.9. The topological polar surface area (TPSA) is 59.8 Å². The summed E-state index contributed by atoms with van der Waals surface area (Å²) in [5.41, 5.74) is 1.68. The minimum atomic E-state index is -0.000253. The molecule has 0 spiro atoms. The normalized spacial score (nSPS) is 10.6. The largest absolute Gasteiger partial charge is 0.326 e. The SMILES string of the molecule is Cn1cnnc1-c1cccc(NC(=O)CCSc2ccc(Br)cc2)c1. The Kier molecular flexibility index (Phi) is 5.88. The van der Waals surface area contributed by atoms with Gasteiger partial charge in [-0.15, -0.1) is 22.0 Å². The predicted molar refractivity (Wildman–Crippen MR) is 105 cm³/mol. The van der Waals surface area contributed by atoms with Crippen LogP contribution in [0.3, 0.4) is 0 Å². The number of carbonyl (C=O) groups is 1. The molecule has 0 radical (unpaired) electrons. The number of nitrogens with zero attached hydrogens (tertiary/aromatic N) is 3. The number of nitrogens with one attached hydrogen (secondary N) is 1. The van der Waals surface area contributed by atoms with Gasteiger partial charge in [-0.2, -0.15) is 0 Å². The third kappa shape index (κ3) is 4.93. The van der Waals surface area contributed by atoms with Crippen molar-refractivity contribution in [1.82, 2.24) is 14.8 Å². The van der Waals surface area contributed by atoms with Crippen LogP contribution in [0.15, 0.2) is 64.2 Å². The molecule has 0 aliphatic carbocycles. The molecule has 0 fully saturated rings. The first-order valence-electron chi connectivity index (χ1n) is 7.74. The molecule has 3 aromatic rings. The van der Waals surface area contributed by atoms with Crippen molar-refractivity contribution >= 4 is 39.3 Å². The van der Waals surface area contributed by atoms with Crippen LogP contribution in [0.5, 0.6) is 0 Å². The van der Waals surface area contributed by atoms with E-state index in [1.807, 2.05) is 60.1 Å². The van der Waals surface area contributed by atoms with Crippen LogP contribution < -0.4 is 5.32 Å². The second kappa shape index (κ2) is 8.31. The first-order chi connectivity index (χ1) is 12.1. The maximum absolute atomic E-state index is 12.2. The van der Waals surface area contributed by atoms with Crippen molar-refractivity contribution < 1.29 is 4.79 Å². The van der Waals surface area contributed by atoms with Gasteiger partial charge in [0.1, 0.15) is 6.33 Å². The molecular weight excluding hydrogens is 400 g/mol. The Morgan fingerprint density at radius 3 is 2.76 bits per heavy atom. The minimum Gasteiger partial charge on any atom is -0.326 e. The van der Waals surface area contributed by atoms with Crippen LogP contribution in [0.1, 0.15) is 6.42 Å². The van der Waals surface area contributed by atoms with Crippen molar-refractivity contribution in [3.8, 4) is 11.4 Å². The van der Waals surface area contributed by atoms with Crippen LogP contribution in [0.2, 0.25) is 0 Å². The highest BCUT2D eigenvalue weighted by atomic mass is 79.9. The highest BCUT2D eigenvalue weighted by Crippen LogP contribution is 2.22. The molecule has 1 amide bonds. The molecular formula is C18H17BrN4OS. The van der Waals surface area contributed by atoms with E-state index >= 15 is 0 Å². The van der Waals surface area contributed by atoms with Crippen molar-refractivity contribution in [1.29, 1.82) is 0 Å².